The monoisotopic (exact) mass is 526 g/mol. The first kappa shape index (κ1) is 26.8. The largest absolute Gasteiger partial charge is 0.497 e. The minimum atomic E-state index is -3.76. The van der Waals surface area contributed by atoms with E-state index in [9.17, 15) is 18.0 Å². The third kappa shape index (κ3) is 5.40. The lowest BCUT2D eigenvalue weighted by Crippen LogP contribution is -2.60. The Balaban J connectivity index is 1.72. The van der Waals surface area contributed by atoms with Crippen LogP contribution in [-0.2, 0) is 14.6 Å². The van der Waals surface area contributed by atoms with Gasteiger partial charge in [-0.2, -0.15) is 0 Å². The molecule has 5 unspecified atom stereocenters. The van der Waals surface area contributed by atoms with Gasteiger partial charge in [-0.15, -0.1) is 0 Å². The summed E-state index contributed by atoms with van der Waals surface area (Å²) in [5.74, 6) is -1.07. The molecule has 4 rings (SSSR count). The van der Waals surface area contributed by atoms with Gasteiger partial charge in [0.25, 0.3) is 5.91 Å². The summed E-state index contributed by atoms with van der Waals surface area (Å²) in [6, 6.07) is 13.4. The average molecular weight is 527 g/mol. The highest BCUT2D eigenvalue weighted by Gasteiger charge is 2.48. The third-order valence-corrected chi connectivity index (χ3v) is 9.58. The van der Waals surface area contributed by atoms with E-state index in [-0.39, 0.29) is 28.7 Å². The van der Waals surface area contributed by atoms with Crippen LogP contribution in [0.2, 0.25) is 0 Å². The van der Waals surface area contributed by atoms with E-state index >= 15 is 0 Å². The predicted molar refractivity (Wildman–Crippen MR) is 142 cm³/mol. The molecule has 0 radical (unpaired) electrons. The van der Waals surface area contributed by atoms with Crippen LogP contribution >= 0.6 is 0 Å². The number of nitrogens with one attached hydrogen (secondary N) is 1. The predicted octanol–water partition coefficient (Wildman–Crippen LogP) is 2.43. The summed E-state index contributed by atoms with van der Waals surface area (Å²) in [5.41, 5.74) is 7.31. The first-order chi connectivity index (χ1) is 17.5. The van der Waals surface area contributed by atoms with Crippen molar-refractivity contribution in [2.75, 3.05) is 27.7 Å². The highest BCUT2D eigenvalue weighted by Crippen LogP contribution is 2.40. The second kappa shape index (κ2) is 10.6. The summed E-state index contributed by atoms with van der Waals surface area (Å²) in [6.45, 7) is 2.38. The molecule has 5 atom stereocenters. The second-order valence-corrected chi connectivity index (χ2v) is 12.3. The van der Waals surface area contributed by atoms with Crippen LogP contribution in [0.1, 0.15) is 30.1 Å². The van der Waals surface area contributed by atoms with Crippen LogP contribution in [0.5, 0.6) is 5.75 Å². The van der Waals surface area contributed by atoms with E-state index in [0.29, 0.717) is 42.1 Å². The van der Waals surface area contributed by atoms with E-state index in [1.807, 2.05) is 19.1 Å². The second-order valence-electron chi connectivity index (χ2n) is 10.1. The summed E-state index contributed by atoms with van der Waals surface area (Å²) in [7, 11) is 1.06. The molecule has 1 heterocycles. The van der Waals surface area contributed by atoms with E-state index in [2.05, 4.69) is 5.32 Å². The first-order valence-corrected chi connectivity index (χ1v) is 13.9. The van der Waals surface area contributed by atoms with Crippen LogP contribution < -0.4 is 15.8 Å². The number of hydrogen-bond acceptors (Lipinski definition) is 7. The van der Waals surface area contributed by atoms with Crippen LogP contribution in [0.15, 0.2) is 58.4 Å². The number of fused-ring (bicyclic) bond motifs is 1. The molecule has 2 aromatic rings. The lowest BCUT2D eigenvalue weighted by atomic mass is 9.70. The van der Waals surface area contributed by atoms with Gasteiger partial charge in [-0.1, -0.05) is 19.1 Å². The molecule has 0 aromatic heterocycles. The average Bonchev–Trinajstić information content (AvgIpc) is 2.88. The normalized spacial score (nSPS) is 26.8. The Kier molecular flexibility index (Phi) is 7.70. The smallest absolute Gasteiger partial charge is 0.253 e. The SMILES string of the molecule is COc1cccc(N=C2C(C(N)=O)CNC3C(C)CC(S(=O)(=O)c4cccc(C(=O)N(C)C)c4)CC23)c1. The van der Waals surface area contributed by atoms with Gasteiger partial charge < -0.3 is 20.7 Å². The van der Waals surface area contributed by atoms with E-state index in [1.54, 1.807) is 45.5 Å². The molecule has 2 fully saturated rings. The number of ether oxygens (including phenoxy) is 1. The van der Waals surface area contributed by atoms with Gasteiger partial charge in [-0.3, -0.25) is 14.6 Å². The number of sulfone groups is 1. The Hall–Kier alpha value is -3.24. The number of nitrogens with zero attached hydrogens (tertiary/aromatic N) is 2. The number of primary amides is 1. The molecule has 1 saturated heterocycles. The van der Waals surface area contributed by atoms with Gasteiger partial charge in [0.1, 0.15) is 5.75 Å². The Labute approximate surface area is 218 Å². The van der Waals surface area contributed by atoms with Crippen molar-refractivity contribution in [3.05, 3.63) is 54.1 Å². The fourth-order valence-corrected chi connectivity index (χ4v) is 7.46. The molecule has 2 aliphatic rings. The number of benzene rings is 2. The minimum Gasteiger partial charge on any atom is -0.497 e. The zero-order chi connectivity index (χ0) is 26.9. The summed E-state index contributed by atoms with van der Waals surface area (Å²) >= 11 is 0. The van der Waals surface area contributed by atoms with Crippen LogP contribution in [0.4, 0.5) is 5.69 Å². The van der Waals surface area contributed by atoms with Crippen molar-refractivity contribution in [1.29, 1.82) is 0 Å². The number of carbonyl (C=O) groups excluding carboxylic acids is 2. The number of methoxy groups -OCH3 is 1. The van der Waals surface area contributed by atoms with Gasteiger partial charge in [0, 0.05) is 49.9 Å². The molecular weight excluding hydrogens is 492 g/mol. The summed E-state index contributed by atoms with van der Waals surface area (Å²) in [5, 5.41) is 2.74. The zero-order valence-electron chi connectivity index (χ0n) is 21.5. The van der Waals surface area contributed by atoms with Crippen LogP contribution in [0.3, 0.4) is 0 Å². The Morgan fingerprint density at radius 1 is 1.11 bits per heavy atom. The molecule has 3 N–H and O–H groups in total. The third-order valence-electron chi connectivity index (χ3n) is 7.40. The van der Waals surface area contributed by atoms with Crippen molar-refractivity contribution in [1.82, 2.24) is 10.2 Å². The number of amides is 2. The molecule has 2 amide bonds. The van der Waals surface area contributed by atoms with Gasteiger partial charge >= 0.3 is 0 Å². The Morgan fingerprint density at radius 3 is 2.51 bits per heavy atom. The number of hydrogen-bond donors (Lipinski definition) is 2. The van der Waals surface area contributed by atoms with Crippen LogP contribution in [-0.4, -0.2) is 69.9 Å². The number of aliphatic imine (C=N–C) groups is 1. The molecule has 0 spiro atoms. The molecule has 1 saturated carbocycles. The fraction of sp³-hybridized carbons (Fsp3) is 0.444. The highest BCUT2D eigenvalue weighted by molar-refractivity contribution is 7.92. The maximum Gasteiger partial charge on any atom is 0.253 e. The molecule has 1 aliphatic carbocycles. The lowest BCUT2D eigenvalue weighted by molar-refractivity contribution is -0.120. The summed E-state index contributed by atoms with van der Waals surface area (Å²) in [4.78, 5) is 31.3. The number of carbonyl (C=O) groups is 2. The standard InChI is InChI=1S/C27H34N4O5S/c1-16-11-21(37(34,35)20-10-5-7-17(12-20)27(33)31(2)3)14-22-24(16)29-15-23(26(28)32)25(22)30-18-8-6-9-19(13-18)36-4/h5-10,12-13,16,21-24,29H,11,14-15H2,1-4H3,(H2,28,32). The van der Waals surface area contributed by atoms with Gasteiger partial charge in [0.15, 0.2) is 9.84 Å². The number of piperidine rings is 1. The Morgan fingerprint density at radius 2 is 1.84 bits per heavy atom. The van der Waals surface area contributed by atoms with Crippen molar-refractivity contribution in [2.45, 2.75) is 36.0 Å². The van der Waals surface area contributed by atoms with Crippen LogP contribution in [0.25, 0.3) is 0 Å². The van der Waals surface area contributed by atoms with Crippen molar-refractivity contribution in [2.24, 2.45) is 28.5 Å². The molecule has 0 bridgehead atoms. The van der Waals surface area contributed by atoms with Gasteiger partial charge in [0.2, 0.25) is 5.91 Å². The number of nitrogens with two attached hydrogens (primary N) is 1. The zero-order valence-corrected chi connectivity index (χ0v) is 22.4. The fourth-order valence-electron chi connectivity index (χ4n) is 5.50. The summed E-state index contributed by atoms with van der Waals surface area (Å²) in [6.07, 6.45) is 0.749. The minimum absolute atomic E-state index is 0.00875. The van der Waals surface area contributed by atoms with Crippen molar-refractivity contribution < 1.29 is 22.7 Å². The maximum atomic E-state index is 13.8. The van der Waals surface area contributed by atoms with Crippen molar-refractivity contribution >= 4 is 33.1 Å². The Bertz CT molecular complexity index is 1320. The highest BCUT2D eigenvalue weighted by atomic mass is 32.2. The molecular formula is C27H34N4O5S. The van der Waals surface area contributed by atoms with Crippen molar-refractivity contribution in [3.8, 4) is 5.75 Å². The molecule has 37 heavy (non-hydrogen) atoms. The lowest BCUT2D eigenvalue weighted by Gasteiger charge is -2.46. The van der Waals surface area contributed by atoms with E-state index in [0.717, 1.165) is 0 Å². The van der Waals surface area contributed by atoms with E-state index < -0.39 is 26.9 Å². The summed E-state index contributed by atoms with van der Waals surface area (Å²) < 4.78 is 33.0. The molecule has 2 aromatic carbocycles. The molecule has 10 heteroatoms. The van der Waals surface area contributed by atoms with Gasteiger partial charge in [-0.05, 0) is 49.1 Å². The quantitative estimate of drug-likeness (QED) is 0.594. The van der Waals surface area contributed by atoms with Crippen LogP contribution in [0, 0.1) is 17.8 Å². The molecule has 198 valence electrons. The molecule has 1 aliphatic heterocycles. The maximum absolute atomic E-state index is 13.8. The van der Waals surface area contributed by atoms with E-state index in [4.69, 9.17) is 15.5 Å². The number of rotatable bonds is 6. The first-order valence-electron chi connectivity index (χ1n) is 12.3. The topological polar surface area (TPSA) is 131 Å². The molecule has 9 nitrogen and oxygen atoms in total. The van der Waals surface area contributed by atoms with Crippen molar-refractivity contribution in [3.63, 3.8) is 0 Å². The van der Waals surface area contributed by atoms with Gasteiger partial charge in [0.05, 0.1) is 28.9 Å². The van der Waals surface area contributed by atoms with E-state index in [1.165, 1.54) is 17.0 Å². The van der Waals surface area contributed by atoms with Gasteiger partial charge in [-0.25, -0.2) is 8.42 Å².